The van der Waals surface area contributed by atoms with Crippen LogP contribution in [0.1, 0.15) is 39.3 Å². The fourth-order valence-corrected chi connectivity index (χ4v) is 2.12. The fraction of sp³-hybridized carbons (Fsp3) is 0.538. The quantitative estimate of drug-likeness (QED) is 0.890. The highest BCUT2D eigenvalue weighted by atomic mass is 79.9. The maximum Gasteiger partial charge on any atom is 0.0741 e. The maximum absolute atomic E-state index is 9.88. The van der Waals surface area contributed by atoms with Crippen molar-refractivity contribution in [3.8, 4) is 0 Å². The Kier molecular flexibility index (Phi) is 4.53. The first-order valence-corrected chi connectivity index (χ1v) is 6.34. The Morgan fingerprint density at radius 1 is 1.25 bits per heavy atom. The van der Waals surface area contributed by atoms with Crippen LogP contribution in [0.2, 0.25) is 0 Å². The minimum atomic E-state index is -0.713. The van der Waals surface area contributed by atoms with Gasteiger partial charge in [0.15, 0.2) is 0 Å². The number of hydrogen-bond donors (Lipinski definition) is 2. The van der Waals surface area contributed by atoms with Crippen LogP contribution >= 0.6 is 15.9 Å². The van der Waals surface area contributed by atoms with Crippen LogP contribution in [0, 0.1) is 0 Å². The van der Waals surface area contributed by atoms with Gasteiger partial charge >= 0.3 is 0 Å². The van der Waals surface area contributed by atoms with E-state index in [1.54, 1.807) is 0 Å². The molecule has 90 valence electrons. The van der Waals surface area contributed by atoms with Crippen molar-refractivity contribution >= 4 is 15.9 Å². The molecule has 2 nitrogen and oxygen atoms in total. The Hall–Kier alpha value is -0.380. The van der Waals surface area contributed by atoms with Gasteiger partial charge in [-0.1, -0.05) is 34.1 Å². The average Bonchev–Trinajstić information content (AvgIpc) is 2.16. The standard InChI is InChI=1S/C13H20BrNO/c1-9(15-10(2)13(3,4)16)11-7-5-6-8-12(11)14/h5-10,15-16H,1-4H3/t9-,10?/m1/s1. The molecule has 16 heavy (non-hydrogen) atoms. The molecule has 0 aliphatic rings. The maximum atomic E-state index is 9.88. The van der Waals surface area contributed by atoms with Gasteiger partial charge in [-0.15, -0.1) is 0 Å². The van der Waals surface area contributed by atoms with E-state index in [-0.39, 0.29) is 12.1 Å². The monoisotopic (exact) mass is 285 g/mol. The second kappa shape index (κ2) is 5.30. The molecular formula is C13H20BrNO. The molecule has 3 heteroatoms. The van der Waals surface area contributed by atoms with Crippen LogP contribution in [0.15, 0.2) is 28.7 Å². The van der Waals surface area contributed by atoms with Crippen molar-refractivity contribution in [1.82, 2.24) is 5.32 Å². The number of benzene rings is 1. The van der Waals surface area contributed by atoms with Gasteiger partial charge in [0.25, 0.3) is 0 Å². The molecule has 0 saturated carbocycles. The summed E-state index contributed by atoms with van der Waals surface area (Å²) in [6.07, 6.45) is 0. The molecule has 0 saturated heterocycles. The summed E-state index contributed by atoms with van der Waals surface area (Å²) in [6.45, 7) is 7.73. The molecule has 0 aromatic heterocycles. The molecule has 1 rings (SSSR count). The summed E-state index contributed by atoms with van der Waals surface area (Å²) in [5.74, 6) is 0. The summed E-state index contributed by atoms with van der Waals surface area (Å²) in [5, 5.41) is 13.3. The van der Waals surface area contributed by atoms with Crippen molar-refractivity contribution in [2.24, 2.45) is 0 Å². The van der Waals surface area contributed by atoms with Gasteiger partial charge in [0, 0.05) is 16.6 Å². The van der Waals surface area contributed by atoms with Crippen LogP contribution in [-0.4, -0.2) is 16.7 Å². The molecule has 0 aliphatic heterocycles. The Morgan fingerprint density at radius 2 is 1.81 bits per heavy atom. The Bertz CT molecular complexity index is 346. The molecular weight excluding hydrogens is 266 g/mol. The zero-order valence-corrected chi connectivity index (χ0v) is 11.9. The molecule has 0 amide bonds. The first kappa shape index (κ1) is 13.7. The highest BCUT2D eigenvalue weighted by molar-refractivity contribution is 9.10. The Balaban J connectivity index is 2.73. The van der Waals surface area contributed by atoms with Crippen LogP contribution in [0.25, 0.3) is 0 Å². The van der Waals surface area contributed by atoms with E-state index in [1.165, 1.54) is 5.56 Å². The van der Waals surface area contributed by atoms with E-state index in [9.17, 15) is 5.11 Å². The summed E-state index contributed by atoms with van der Waals surface area (Å²) in [6, 6.07) is 8.38. The summed E-state index contributed by atoms with van der Waals surface area (Å²) in [7, 11) is 0. The lowest BCUT2D eigenvalue weighted by Gasteiger charge is -2.30. The van der Waals surface area contributed by atoms with Crippen molar-refractivity contribution < 1.29 is 5.11 Å². The first-order valence-electron chi connectivity index (χ1n) is 5.55. The molecule has 0 fully saturated rings. The van der Waals surface area contributed by atoms with E-state index < -0.39 is 5.60 Å². The lowest BCUT2D eigenvalue weighted by Crippen LogP contribution is -2.45. The minimum Gasteiger partial charge on any atom is -0.389 e. The van der Waals surface area contributed by atoms with E-state index in [0.29, 0.717) is 0 Å². The van der Waals surface area contributed by atoms with Crippen molar-refractivity contribution in [3.63, 3.8) is 0 Å². The van der Waals surface area contributed by atoms with Crippen LogP contribution in [0.3, 0.4) is 0 Å². The molecule has 0 aliphatic carbocycles. The van der Waals surface area contributed by atoms with Crippen LogP contribution in [0.4, 0.5) is 0 Å². The third-order valence-electron chi connectivity index (χ3n) is 2.93. The van der Waals surface area contributed by atoms with Crippen LogP contribution < -0.4 is 5.32 Å². The van der Waals surface area contributed by atoms with E-state index in [2.05, 4.69) is 34.2 Å². The van der Waals surface area contributed by atoms with Gasteiger partial charge < -0.3 is 10.4 Å². The predicted molar refractivity (Wildman–Crippen MR) is 71.5 cm³/mol. The predicted octanol–water partition coefficient (Wildman–Crippen LogP) is 3.26. The summed E-state index contributed by atoms with van der Waals surface area (Å²) in [4.78, 5) is 0. The van der Waals surface area contributed by atoms with Crippen molar-refractivity contribution in [2.45, 2.75) is 45.4 Å². The number of rotatable bonds is 4. The molecule has 0 heterocycles. The number of halogens is 1. The van der Waals surface area contributed by atoms with E-state index in [4.69, 9.17) is 0 Å². The van der Waals surface area contributed by atoms with Gasteiger partial charge in [-0.2, -0.15) is 0 Å². The fourth-order valence-electron chi connectivity index (χ4n) is 1.49. The third-order valence-corrected chi connectivity index (χ3v) is 3.65. The van der Waals surface area contributed by atoms with E-state index in [0.717, 1.165) is 4.47 Å². The number of hydrogen-bond acceptors (Lipinski definition) is 2. The molecule has 1 unspecified atom stereocenters. The second-order valence-electron chi connectivity index (χ2n) is 4.79. The van der Waals surface area contributed by atoms with Gasteiger partial charge in [-0.3, -0.25) is 0 Å². The summed E-state index contributed by atoms with van der Waals surface area (Å²) >= 11 is 3.53. The van der Waals surface area contributed by atoms with E-state index >= 15 is 0 Å². The topological polar surface area (TPSA) is 32.3 Å². The minimum absolute atomic E-state index is 0.0367. The smallest absolute Gasteiger partial charge is 0.0741 e. The molecule has 0 radical (unpaired) electrons. The molecule has 0 spiro atoms. The molecule has 2 atom stereocenters. The average molecular weight is 286 g/mol. The normalized spacial score (nSPS) is 15.9. The van der Waals surface area contributed by atoms with Crippen molar-refractivity contribution in [3.05, 3.63) is 34.3 Å². The van der Waals surface area contributed by atoms with Gasteiger partial charge in [0.1, 0.15) is 0 Å². The van der Waals surface area contributed by atoms with Gasteiger partial charge in [-0.05, 0) is 39.3 Å². The zero-order chi connectivity index (χ0) is 12.3. The van der Waals surface area contributed by atoms with Gasteiger partial charge in [-0.25, -0.2) is 0 Å². The largest absolute Gasteiger partial charge is 0.389 e. The van der Waals surface area contributed by atoms with Crippen molar-refractivity contribution in [1.29, 1.82) is 0 Å². The zero-order valence-electron chi connectivity index (χ0n) is 10.3. The van der Waals surface area contributed by atoms with E-state index in [1.807, 2.05) is 39.0 Å². The summed E-state index contributed by atoms with van der Waals surface area (Å²) in [5.41, 5.74) is 0.494. The van der Waals surface area contributed by atoms with Crippen LogP contribution in [0.5, 0.6) is 0 Å². The summed E-state index contributed by atoms with van der Waals surface area (Å²) < 4.78 is 1.10. The lowest BCUT2D eigenvalue weighted by molar-refractivity contribution is 0.0405. The highest BCUT2D eigenvalue weighted by Crippen LogP contribution is 2.24. The van der Waals surface area contributed by atoms with Crippen molar-refractivity contribution in [2.75, 3.05) is 0 Å². The third kappa shape index (κ3) is 3.58. The molecule has 1 aromatic carbocycles. The van der Waals surface area contributed by atoms with Crippen LogP contribution in [-0.2, 0) is 0 Å². The number of nitrogens with one attached hydrogen (secondary N) is 1. The Morgan fingerprint density at radius 3 is 2.31 bits per heavy atom. The van der Waals surface area contributed by atoms with Gasteiger partial charge in [0.05, 0.1) is 5.60 Å². The number of aliphatic hydroxyl groups is 1. The highest BCUT2D eigenvalue weighted by Gasteiger charge is 2.24. The Labute approximate surface area is 106 Å². The first-order chi connectivity index (χ1) is 7.32. The second-order valence-corrected chi connectivity index (χ2v) is 5.64. The molecule has 2 N–H and O–H groups in total. The molecule has 0 bridgehead atoms. The lowest BCUT2D eigenvalue weighted by atomic mass is 9.98. The SMILES string of the molecule is CC(N[C@H](C)c1ccccc1Br)C(C)(C)O. The van der Waals surface area contributed by atoms with Gasteiger partial charge in [0.2, 0.25) is 0 Å². The molecule has 1 aromatic rings.